The van der Waals surface area contributed by atoms with Crippen LogP contribution in [0.15, 0.2) is 205 Å². The van der Waals surface area contributed by atoms with Crippen LogP contribution in [0.4, 0.5) is 17.1 Å². The summed E-state index contributed by atoms with van der Waals surface area (Å²) in [4.78, 5) is 2.39. The van der Waals surface area contributed by atoms with E-state index in [9.17, 15) is 0 Å². The van der Waals surface area contributed by atoms with E-state index in [1.165, 1.54) is 58.2 Å². The van der Waals surface area contributed by atoms with Crippen molar-refractivity contribution >= 4 is 103 Å². The third kappa shape index (κ3) is 5.17. The predicted molar refractivity (Wildman–Crippen MR) is 245 cm³/mol. The van der Waals surface area contributed by atoms with Gasteiger partial charge in [0.1, 0.15) is 11.2 Å². The van der Waals surface area contributed by atoms with Crippen molar-refractivity contribution < 1.29 is 4.42 Å². The Hall–Kier alpha value is -7.20. The van der Waals surface area contributed by atoms with Gasteiger partial charge in [-0.2, -0.15) is 0 Å². The Labute approximate surface area is 333 Å². The molecule has 0 spiro atoms. The normalized spacial score (nSPS) is 11.9. The number of fused-ring (bicyclic) bond motifs is 11. The van der Waals surface area contributed by atoms with Gasteiger partial charge in [-0.1, -0.05) is 140 Å². The van der Waals surface area contributed by atoms with E-state index in [1.54, 1.807) is 0 Å². The molecule has 266 valence electrons. The number of hydrogen-bond acceptors (Lipinski definition) is 3. The van der Waals surface area contributed by atoms with E-state index in [2.05, 4.69) is 205 Å². The summed E-state index contributed by atoms with van der Waals surface area (Å²) in [5.74, 6) is 0. The largest absolute Gasteiger partial charge is 0.455 e. The smallest absolute Gasteiger partial charge is 0.143 e. The molecule has 0 amide bonds. The highest BCUT2D eigenvalue weighted by molar-refractivity contribution is 7.25. The molecule has 0 aliphatic rings. The van der Waals surface area contributed by atoms with Gasteiger partial charge < -0.3 is 9.32 Å². The summed E-state index contributed by atoms with van der Waals surface area (Å²) in [5, 5.41) is 12.3. The van der Waals surface area contributed by atoms with Crippen molar-refractivity contribution in [3.63, 3.8) is 0 Å². The van der Waals surface area contributed by atoms with Crippen LogP contribution >= 0.6 is 11.3 Å². The second-order valence-corrected chi connectivity index (χ2v) is 16.0. The maximum Gasteiger partial charge on any atom is 0.143 e. The van der Waals surface area contributed by atoms with Crippen LogP contribution in [0.2, 0.25) is 0 Å². The first-order valence-electron chi connectivity index (χ1n) is 19.4. The number of anilines is 3. The van der Waals surface area contributed by atoms with Crippen LogP contribution in [0.25, 0.3) is 96.7 Å². The highest BCUT2D eigenvalue weighted by Crippen LogP contribution is 2.44. The molecule has 12 aromatic rings. The first-order chi connectivity index (χ1) is 28.2. The molecule has 0 N–H and O–H groups in total. The van der Waals surface area contributed by atoms with Crippen LogP contribution in [0, 0.1) is 0 Å². The van der Waals surface area contributed by atoms with E-state index in [0.29, 0.717) is 0 Å². The molecule has 0 aliphatic carbocycles. The van der Waals surface area contributed by atoms with Crippen LogP contribution in [0.5, 0.6) is 0 Å². The van der Waals surface area contributed by atoms with Crippen LogP contribution < -0.4 is 4.90 Å². The number of hydrogen-bond donors (Lipinski definition) is 0. The van der Waals surface area contributed by atoms with E-state index in [-0.39, 0.29) is 0 Å². The lowest BCUT2D eigenvalue weighted by molar-refractivity contribution is 0.673. The van der Waals surface area contributed by atoms with Crippen molar-refractivity contribution in [2.45, 2.75) is 0 Å². The van der Waals surface area contributed by atoms with Gasteiger partial charge in [0.2, 0.25) is 0 Å². The molecule has 0 atom stereocenters. The van der Waals surface area contributed by atoms with Gasteiger partial charge in [-0.15, -0.1) is 11.3 Å². The molecule has 2 aromatic heterocycles. The molecule has 3 heteroatoms. The van der Waals surface area contributed by atoms with Crippen molar-refractivity contribution in [2.24, 2.45) is 0 Å². The topological polar surface area (TPSA) is 16.4 Å². The number of benzene rings is 10. The van der Waals surface area contributed by atoms with E-state index in [1.807, 2.05) is 11.3 Å². The minimum atomic E-state index is 0.897. The molecular weight excluding hydrogens is 711 g/mol. The fraction of sp³-hybridized carbons (Fsp3) is 0. The summed E-state index contributed by atoms with van der Waals surface area (Å²) < 4.78 is 9.17. The van der Waals surface area contributed by atoms with Crippen molar-refractivity contribution in [1.82, 2.24) is 0 Å². The van der Waals surface area contributed by atoms with E-state index < -0.39 is 0 Å². The minimum absolute atomic E-state index is 0.897. The maximum atomic E-state index is 6.59. The fourth-order valence-corrected chi connectivity index (χ4v) is 10.0. The molecule has 0 aliphatic heterocycles. The van der Waals surface area contributed by atoms with Crippen molar-refractivity contribution in [1.29, 1.82) is 0 Å². The summed E-state index contributed by atoms with van der Waals surface area (Å²) in [6.45, 7) is 0. The predicted octanol–water partition coefficient (Wildman–Crippen LogP) is 16.2. The molecular formula is C54H33NOS. The lowest BCUT2D eigenvalue weighted by Gasteiger charge is -2.26. The molecule has 0 saturated heterocycles. The third-order valence-corrected chi connectivity index (χ3v) is 12.8. The van der Waals surface area contributed by atoms with E-state index >= 15 is 0 Å². The summed E-state index contributed by atoms with van der Waals surface area (Å²) in [5.41, 5.74) is 9.83. The Morgan fingerprint density at radius 3 is 1.88 bits per heavy atom. The Morgan fingerprint density at radius 1 is 0.351 bits per heavy atom. The summed E-state index contributed by atoms with van der Waals surface area (Å²) in [7, 11) is 0. The zero-order valence-corrected chi connectivity index (χ0v) is 31.6. The zero-order valence-electron chi connectivity index (χ0n) is 30.8. The quantitative estimate of drug-likeness (QED) is 0.163. The van der Waals surface area contributed by atoms with E-state index in [0.717, 1.165) is 55.5 Å². The van der Waals surface area contributed by atoms with Crippen molar-refractivity contribution in [2.75, 3.05) is 4.90 Å². The van der Waals surface area contributed by atoms with Crippen molar-refractivity contribution in [3.8, 4) is 22.3 Å². The molecule has 0 fully saturated rings. The first-order valence-corrected chi connectivity index (χ1v) is 20.2. The van der Waals surface area contributed by atoms with Gasteiger partial charge in [-0.25, -0.2) is 0 Å². The van der Waals surface area contributed by atoms with Gasteiger partial charge in [0.05, 0.1) is 0 Å². The SMILES string of the molecule is c1cc(-c2cccc3oc4c5ccccc5ccc4c23)cc(N(c2ccc(-c3ccc4c(ccc5ccccc54)c3)cc2)c2ccc3c(c2)sc2ccccc23)c1. The number of thiophene rings is 1. The number of nitrogens with zero attached hydrogens (tertiary/aromatic N) is 1. The standard InChI is InChI=1S/C54H33NOS/c1-3-13-43-35(9-1)19-20-39-31-37(24-28-44(39)43)34-21-25-40(26-22-34)55(42-27-30-48-47-15-5-6-18-51(47)57-52(48)33-42)41-12-7-11-38(32-41)45-16-8-17-50-53(45)49-29-23-36-10-2-4-14-46(36)54(49)56-50/h1-33H. The average Bonchev–Trinajstić information content (AvgIpc) is 3.85. The lowest BCUT2D eigenvalue weighted by atomic mass is 9.97. The molecule has 0 saturated carbocycles. The third-order valence-electron chi connectivity index (χ3n) is 11.6. The zero-order chi connectivity index (χ0) is 37.5. The van der Waals surface area contributed by atoms with Gasteiger partial charge in [0, 0.05) is 53.4 Å². The second kappa shape index (κ2) is 12.7. The van der Waals surface area contributed by atoms with Gasteiger partial charge in [0.15, 0.2) is 0 Å². The monoisotopic (exact) mass is 743 g/mol. The molecule has 0 bridgehead atoms. The molecule has 0 radical (unpaired) electrons. The number of furan rings is 1. The van der Waals surface area contributed by atoms with E-state index in [4.69, 9.17) is 4.42 Å². The fourth-order valence-electron chi connectivity index (χ4n) is 8.90. The minimum Gasteiger partial charge on any atom is -0.455 e. The molecule has 12 rings (SSSR count). The Bertz CT molecular complexity index is 3540. The highest BCUT2D eigenvalue weighted by atomic mass is 32.1. The van der Waals surface area contributed by atoms with Crippen molar-refractivity contribution in [3.05, 3.63) is 200 Å². The Morgan fingerprint density at radius 2 is 0.982 bits per heavy atom. The average molecular weight is 744 g/mol. The van der Waals surface area contributed by atoms with Gasteiger partial charge in [-0.3, -0.25) is 0 Å². The van der Waals surface area contributed by atoms with Crippen LogP contribution in [0.1, 0.15) is 0 Å². The molecule has 0 unspecified atom stereocenters. The summed E-state index contributed by atoms with van der Waals surface area (Å²) in [6.07, 6.45) is 0. The molecule has 2 heterocycles. The Balaban J connectivity index is 1.00. The van der Waals surface area contributed by atoms with Crippen LogP contribution in [-0.4, -0.2) is 0 Å². The summed E-state index contributed by atoms with van der Waals surface area (Å²) in [6, 6.07) is 72.8. The number of rotatable bonds is 5. The second-order valence-electron chi connectivity index (χ2n) is 14.9. The first kappa shape index (κ1) is 32.1. The lowest BCUT2D eigenvalue weighted by Crippen LogP contribution is -2.10. The molecule has 10 aromatic carbocycles. The highest BCUT2D eigenvalue weighted by Gasteiger charge is 2.19. The van der Waals surface area contributed by atoms with Gasteiger partial charge in [-0.05, 0) is 110 Å². The molecule has 57 heavy (non-hydrogen) atoms. The summed E-state index contributed by atoms with van der Waals surface area (Å²) >= 11 is 1.85. The Kier molecular flexibility index (Phi) is 7.13. The van der Waals surface area contributed by atoms with Gasteiger partial charge >= 0.3 is 0 Å². The molecule has 2 nitrogen and oxygen atoms in total. The van der Waals surface area contributed by atoms with Crippen LogP contribution in [0.3, 0.4) is 0 Å². The maximum absolute atomic E-state index is 6.59. The van der Waals surface area contributed by atoms with Crippen LogP contribution in [-0.2, 0) is 0 Å². The van der Waals surface area contributed by atoms with Gasteiger partial charge in [0.25, 0.3) is 0 Å².